The van der Waals surface area contributed by atoms with Crippen LogP contribution in [-0.2, 0) is 42.6 Å². The first-order valence-electron chi connectivity index (χ1n) is 26.6. The van der Waals surface area contributed by atoms with Crippen LogP contribution < -0.4 is 47.4 Å². The van der Waals surface area contributed by atoms with E-state index in [0.29, 0.717) is 33.4 Å². The number of phenols is 1. The number of nitrogens with zero attached hydrogens (tertiary/aromatic N) is 9. The predicted molar refractivity (Wildman–Crippen MR) is 317 cm³/mol. The van der Waals surface area contributed by atoms with Crippen molar-refractivity contribution in [2.75, 3.05) is 62.3 Å². The van der Waals surface area contributed by atoms with Gasteiger partial charge in [0.25, 0.3) is 35.4 Å². The number of amides is 9. The van der Waals surface area contributed by atoms with E-state index in [4.69, 9.17) is 11.6 Å². The summed E-state index contributed by atoms with van der Waals surface area (Å²) in [4.78, 5) is 141. The summed E-state index contributed by atoms with van der Waals surface area (Å²) in [5.74, 6) is -4.30. The summed E-state index contributed by atoms with van der Waals surface area (Å²) in [5, 5.41) is 34.5. The topological polar surface area (TPSA) is 376 Å². The van der Waals surface area contributed by atoms with E-state index in [0.717, 1.165) is 10.9 Å². The first-order valence-corrected chi connectivity index (χ1v) is 27.2. The van der Waals surface area contributed by atoms with Gasteiger partial charge in [0.1, 0.15) is 17.1 Å². The molecule has 1 aliphatic heterocycles. The van der Waals surface area contributed by atoms with E-state index in [1.165, 1.54) is 60.9 Å². The number of aromatic amines is 2. The molecule has 0 saturated carbocycles. The number of aromatic nitrogens is 10. The van der Waals surface area contributed by atoms with Crippen molar-refractivity contribution in [3.63, 3.8) is 0 Å². The number of benzene rings is 3. The quantitative estimate of drug-likeness (QED) is 0.0358. The summed E-state index contributed by atoms with van der Waals surface area (Å²) in [6.07, 6.45) is 7.30. The zero-order chi connectivity index (χ0) is 61.1. The van der Waals surface area contributed by atoms with Crippen molar-refractivity contribution in [1.29, 1.82) is 0 Å². The molecular formula is C56H56ClN19O10. The van der Waals surface area contributed by atoms with Gasteiger partial charge in [-0.15, -0.1) is 11.6 Å². The van der Waals surface area contributed by atoms with Gasteiger partial charge in [-0.25, -0.2) is 19.9 Å². The number of alkyl halides is 1. The van der Waals surface area contributed by atoms with Crippen LogP contribution in [0.15, 0.2) is 91.6 Å². The van der Waals surface area contributed by atoms with Gasteiger partial charge in [-0.3, -0.25) is 43.2 Å². The average molecular weight is 1190 g/mol. The largest absolute Gasteiger partial charge is 0.505 e. The number of hydrogen-bond donors (Lipinski definition) is 11. The van der Waals surface area contributed by atoms with Crippen molar-refractivity contribution < 1.29 is 48.3 Å². The van der Waals surface area contributed by atoms with Gasteiger partial charge in [0.15, 0.2) is 29.1 Å². The number of carbonyl (C=O) groups is 9. The zero-order valence-corrected chi connectivity index (χ0v) is 47.5. The first kappa shape index (κ1) is 58.1. The van der Waals surface area contributed by atoms with Crippen molar-refractivity contribution in [2.45, 2.75) is 32.1 Å². The summed E-state index contributed by atoms with van der Waals surface area (Å²) < 4.78 is 5.71. The number of nitrogens with one attached hydrogen (secondary N) is 10. The summed E-state index contributed by atoms with van der Waals surface area (Å²) >= 11 is 6.34. The lowest BCUT2D eigenvalue weighted by atomic mass is 9.98. The van der Waals surface area contributed by atoms with E-state index in [1.807, 2.05) is 24.3 Å². The number of aromatic hydroxyl groups is 1. The van der Waals surface area contributed by atoms with Gasteiger partial charge in [0, 0.05) is 132 Å². The van der Waals surface area contributed by atoms with E-state index < -0.39 is 35.4 Å². The maximum atomic E-state index is 14.0. The Bertz CT molecular complexity index is 4220. The Balaban J connectivity index is 0.637. The number of phenolic OH excluding ortho intramolecular Hbond substituents is 1. The molecule has 30 heteroatoms. The lowest BCUT2D eigenvalue weighted by molar-refractivity contribution is -0.117. The van der Waals surface area contributed by atoms with E-state index >= 15 is 0 Å². The monoisotopic (exact) mass is 1190 g/mol. The van der Waals surface area contributed by atoms with Crippen LogP contribution >= 0.6 is 11.6 Å². The maximum Gasteiger partial charge on any atom is 0.292 e. The third kappa shape index (κ3) is 12.6. The van der Waals surface area contributed by atoms with Crippen molar-refractivity contribution in [2.24, 2.45) is 28.2 Å². The van der Waals surface area contributed by atoms with E-state index in [2.05, 4.69) is 72.4 Å². The molecule has 11 N–H and O–H groups in total. The number of halogens is 1. The molecule has 0 saturated heterocycles. The van der Waals surface area contributed by atoms with Crippen LogP contribution in [0.4, 0.5) is 40.3 Å². The molecule has 0 bridgehead atoms. The number of H-pyrrole nitrogens is 2. The second kappa shape index (κ2) is 24.4. The van der Waals surface area contributed by atoms with Gasteiger partial charge < -0.3 is 80.8 Å². The zero-order valence-electron chi connectivity index (χ0n) is 46.7. The van der Waals surface area contributed by atoms with Crippen LogP contribution in [0.25, 0.3) is 21.7 Å². The molecule has 10 rings (SSSR count). The smallest absolute Gasteiger partial charge is 0.292 e. The fraction of sp³-hybridized carbons (Fsp3) is 0.232. The van der Waals surface area contributed by atoms with Gasteiger partial charge in [-0.05, 0) is 53.8 Å². The second-order valence-corrected chi connectivity index (χ2v) is 20.5. The third-order valence-electron chi connectivity index (χ3n) is 13.8. The summed E-state index contributed by atoms with van der Waals surface area (Å²) in [5.41, 5.74) is 3.04. The van der Waals surface area contributed by atoms with Crippen molar-refractivity contribution in [1.82, 2.24) is 58.8 Å². The number of imidazole rings is 4. The van der Waals surface area contributed by atoms with Crippen LogP contribution in [-0.4, -0.2) is 132 Å². The number of rotatable bonds is 20. The lowest BCUT2D eigenvalue weighted by Crippen LogP contribution is -2.30. The van der Waals surface area contributed by atoms with Crippen LogP contribution in [0, 0.1) is 0 Å². The Morgan fingerprint density at radius 3 is 1.95 bits per heavy atom. The number of hydrogen-bond acceptors (Lipinski definition) is 14. The minimum Gasteiger partial charge on any atom is -0.505 e. The van der Waals surface area contributed by atoms with E-state index in [-0.39, 0.29) is 132 Å². The normalized spacial score (nSPS) is 12.6. The number of carbonyl (C=O) groups excluding carboxylic acids is 9. The van der Waals surface area contributed by atoms with E-state index in [9.17, 15) is 48.3 Å². The molecule has 1 unspecified atom stereocenters. The van der Waals surface area contributed by atoms with Gasteiger partial charge >= 0.3 is 0 Å². The number of anilines is 7. The standard InChI is InChI=1S/C56H56ClN19O10/c1-28(77)61-40-25-75(5)50(67-40)55(85)71-42-27-74(4)49(69-42)54(84)59-16-14-44(79)65-41-26-73(3)48(68-41)53(83)58-15-8-11-43(78)62-33-20-38(72(2)24-33)51(81)70-39-22-60-47(66-39)52(82)63-32-12-13-36-30(17-32)19-37(64-36)56(86)76-23-31(21-57)35-18-29-9-6-7-10-34(29)46(80)45(35)76/h6-7,9-10,12-13,17-20,22,24-27,31,64,80H,8,11,14-16,21,23H2,1-5H3,(H,58,83)(H,59,84)(H,60,66)(H,61,77)(H,62,78)(H,63,82)(H,65,79)(H,70,81)(H,71,85). The molecule has 9 amide bonds. The van der Waals surface area contributed by atoms with E-state index in [1.54, 1.807) is 64.7 Å². The summed E-state index contributed by atoms with van der Waals surface area (Å²) in [7, 11) is 6.29. The molecule has 3 aromatic carbocycles. The minimum atomic E-state index is -0.631. The lowest BCUT2D eigenvalue weighted by Gasteiger charge is -2.18. The van der Waals surface area contributed by atoms with Crippen molar-refractivity contribution in [3.8, 4) is 5.75 Å². The molecule has 7 heterocycles. The third-order valence-corrected chi connectivity index (χ3v) is 14.2. The second-order valence-electron chi connectivity index (χ2n) is 20.2. The first-order chi connectivity index (χ1) is 41.2. The Morgan fingerprint density at radius 2 is 1.26 bits per heavy atom. The number of aryl methyl sites for hydroxylation is 4. The van der Waals surface area contributed by atoms with Crippen LogP contribution in [0.2, 0.25) is 0 Å². The molecule has 0 fully saturated rings. The molecule has 0 spiro atoms. The predicted octanol–water partition coefficient (Wildman–Crippen LogP) is 4.89. The van der Waals surface area contributed by atoms with Gasteiger partial charge in [0.2, 0.25) is 35.2 Å². The van der Waals surface area contributed by atoms with Gasteiger partial charge in [0.05, 0.1) is 11.4 Å². The van der Waals surface area contributed by atoms with Crippen LogP contribution in [0.3, 0.4) is 0 Å². The highest BCUT2D eigenvalue weighted by Gasteiger charge is 2.36. The highest BCUT2D eigenvalue weighted by molar-refractivity contribution is 6.19. The molecule has 9 aromatic rings. The van der Waals surface area contributed by atoms with Crippen molar-refractivity contribution >= 4 is 127 Å². The minimum absolute atomic E-state index is 0.00757. The highest BCUT2D eigenvalue weighted by Crippen LogP contribution is 2.47. The Hall–Kier alpha value is -11.1. The summed E-state index contributed by atoms with van der Waals surface area (Å²) in [6, 6.07) is 17.6. The Labute approximate surface area is 492 Å². The fourth-order valence-corrected chi connectivity index (χ4v) is 10.0. The average Bonchev–Trinajstić information content (AvgIpc) is 1.76. The highest BCUT2D eigenvalue weighted by atomic mass is 35.5. The SMILES string of the molecule is CC(=O)Nc1cn(C)c(C(=O)Nc2cn(C)c(C(=O)NCCC(=O)Nc3cn(C)c(C(=O)NCCCC(=O)Nc4cc(C(=O)Nc5c[nH]c(C(=O)Nc6ccc7[nH]c(C(=O)N8CC(CCl)c9cc%10ccccc%10c(O)c98)cc7c6)n5)n(C)c4)n3)n2)n1. The van der Waals surface area contributed by atoms with Gasteiger partial charge in [-0.1, -0.05) is 24.3 Å². The maximum absolute atomic E-state index is 14.0. The Morgan fingerprint density at radius 1 is 0.616 bits per heavy atom. The van der Waals surface area contributed by atoms with Crippen LogP contribution in [0.5, 0.6) is 5.75 Å². The molecule has 29 nitrogen and oxygen atoms in total. The molecule has 1 atom stereocenters. The molecular weight excluding hydrogens is 1130 g/mol. The molecule has 0 aliphatic carbocycles. The Kier molecular flexibility index (Phi) is 16.5. The molecule has 1 aliphatic rings. The molecule has 86 heavy (non-hydrogen) atoms. The molecule has 6 aromatic heterocycles. The molecule has 442 valence electrons. The fourth-order valence-electron chi connectivity index (χ4n) is 9.75. The van der Waals surface area contributed by atoms with Crippen LogP contribution in [0.1, 0.15) is 101 Å². The van der Waals surface area contributed by atoms with Gasteiger partial charge in [-0.2, -0.15) is 0 Å². The molecule has 0 radical (unpaired) electrons. The summed E-state index contributed by atoms with van der Waals surface area (Å²) in [6.45, 7) is 1.61. The number of fused-ring (bicyclic) bond motifs is 3. The van der Waals surface area contributed by atoms with Crippen molar-refractivity contribution in [3.05, 3.63) is 132 Å².